The lowest BCUT2D eigenvalue weighted by Crippen LogP contribution is -2.46. The van der Waals surface area contributed by atoms with Crippen molar-refractivity contribution >= 4 is 17.7 Å². The molecule has 0 radical (unpaired) electrons. The van der Waals surface area contributed by atoms with Crippen molar-refractivity contribution in [3.05, 3.63) is 29.3 Å². The minimum absolute atomic E-state index is 0.0322. The highest BCUT2D eigenvalue weighted by Crippen LogP contribution is 2.28. The lowest BCUT2D eigenvalue weighted by Gasteiger charge is -2.33. The van der Waals surface area contributed by atoms with Crippen molar-refractivity contribution in [1.82, 2.24) is 15.5 Å². The van der Waals surface area contributed by atoms with Crippen LogP contribution in [0.4, 0.5) is 0 Å². The fourth-order valence-electron chi connectivity index (χ4n) is 3.17. The van der Waals surface area contributed by atoms with Crippen LogP contribution in [0.2, 0.25) is 0 Å². The monoisotopic (exact) mass is 375 g/mol. The molecule has 0 fully saturated rings. The third kappa shape index (κ3) is 6.16. The van der Waals surface area contributed by atoms with E-state index in [-0.39, 0.29) is 22.6 Å². The molecule has 1 aromatic heterocycles. The summed E-state index contributed by atoms with van der Waals surface area (Å²) in [5, 5.41) is 11.6. The van der Waals surface area contributed by atoms with Crippen LogP contribution in [-0.4, -0.2) is 27.4 Å². The number of aryl methyl sites for hydroxylation is 2. The number of carbonyl (C=O) groups excluding carboxylic acids is 1. The van der Waals surface area contributed by atoms with Gasteiger partial charge in [-0.15, -0.1) is 10.2 Å². The van der Waals surface area contributed by atoms with Crippen LogP contribution in [0, 0.1) is 19.3 Å². The molecule has 142 valence electrons. The van der Waals surface area contributed by atoms with E-state index >= 15 is 0 Å². The van der Waals surface area contributed by atoms with E-state index in [1.165, 1.54) is 22.9 Å². The normalized spacial score (nSPS) is 12.3. The number of hydrogen-bond donors (Lipinski definition) is 1. The quantitative estimate of drug-likeness (QED) is 0.736. The van der Waals surface area contributed by atoms with E-state index in [2.05, 4.69) is 50.1 Å². The van der Waals surface area contributed by atoms with Crippen LogP contribution >= 0.6 is 11.8 Å². The van der Waals surface area contributed by atoms with Gasteiger partial charge in [-0.2, -0.15) is 0 Å². The molecule has 0 saturated carbocycles. The van der Waals surface area contributed by atoms with Crippen LogP contribution in [-0.2, 0) is 4.79 Å². The van der Waals surface area contributed by atoms with Crippen LogP contribution < -0.4 is 5.32 Å². The van der Waals surface area contributed by atoms with Gasteiger partial charge in [-0.05, 0) is 62.8 Å². The fourth-order valence-corrected chi connectivity index (χ4v) is 3.73. The lowest BCUT2D eigenvalue weighted by atomic mass is 9.82. The Balaban J connectivity index is 1.93. The van der Waals surface area contributed by atoms with E-state index in [4.69, 9.17) is 4.42 Å². The Morgan fingerprint density at radius 1 is 1.12 bits per heavy atom. The third-order valence-electron chi connectivity index (χ3n) is 3.94. The molecule has 6 heteroatoms. The average Bonchev–Trinajstić information content (AvgIpc) is 2.94. The fraction of sp³-hybridized carbons (Fsp3) is 0.550. The zero-order valence-corrected chi connectivity index (χ0v) is 17.6. The summed E-state index contributed by atoms with van der Waals surface area (Å²) in [7, 11) is 0. The Labute approximate surface area is 160 Å². The highest BCUT2D eigenvalue weighted by molar-refractivity contribution is 7.99. The molecule has 0 aliphatic rings. The Bertz CT molecular complexity index is 776. The van der Waals surface area contributed by atoms with Gasteiger partial charge in [0.15, 0.2) is 0 Å². The molecular formula is C20H29N3O2S. The van der Waals surface area contributed by atoms with Crippen LogP contribution in [0.15, 0.2) is 27.8 Å². The maximum atomic E-state index is 12.3. The zero-order valence-electron chi connectivity index (χ0n) is 16.8. The van der Waals surface area contributed by atoms with Gasteiger partial charge in [-0.3, -0.25) is 4.79 Å². The van der Waals surface area contributed by atoms with Gasteiger partial charge in [-0.1, -0.05) is 38.6 Å². The van der Waals surface area contributed by atoms with Crippen LogP contribution in [0.5, 0.6) is 0 Å². The molecule has 1 N–H and O–H groups in total. The number of amides is 1. The molecule has 1 amide bonds. The molecule has 0 spiro atoms. The first-order valence-electron chi connectivity index (χ1n) is 8.80. The lowest BCUT2D eigenvalue weighted by molar-refractivity contribution is -0.120. The number of hydrogen-bond acceptors (Lipinski definition) is 5. The van der Waals surface area contributed by atoms with Gasteiger partial charge in [0, 0.05) is 11.1 Å². The van der Waals surface area contributed by atoms with E-state index in [9.17, 15) is 4.79 Å². The number of nitrogens with zero attached hydrogens (tertiary/aromatic N) is 2. The first-order chi connectivity index (χ1) is 12.0. The molecule has 0 unspecified atom stereocenters. The van der Waals surface area contributed by atoms with Gasteiger partial charge in [0.2, 0.25) is 11.8 Å². The Kier molecular flexibility index (Phi) is 6.17. The highest BCUT2D eigenvalue weighted by atomic mass is 32.2. The zero-order chi connectivity index (χ0) is 19.5. The molecule has 2 rings (SSSR count). The summed E-state index contributed by atoms with van der Waals surface area (Å²) in [4.78, 5) is 12.3. The second-order valence-electron chi connectivity index (χ2n) is 8.63. The van der Waals surface area contributed by atoms with Gasteiger partial charge < -0.3 is 9.73 Å². The van der Waals surface area contributed by atoms with Crippen molar-refractivity contribution in [2.75, 3.05) is 5.75 Å². The summed E-state index contributed by atoms with van der Waals surface area (Å²) in [5.41, 5.74) is 3.18. The molecule has 0 aliphatic carbocycles. The van der Waals surface area contributed by atoms with Crippen LogP contribution in [0.1, 0.15) is 52.2 Å². The van der Waals surface area contributed by atoms with Crippen molar-refractivity contribution in [3.63, 3.8) is 0 Å². The molecule has 2 aromatic rings. The van der Waals surface area contributed by atoms with Crippen molar-refractivity contribution in [3.8, 4) is 11.5 Å². The number of carbonyl (C=O) groups is 1. The maximum absolute atomic E-state index is 12.3. The molecular weight excluding hydrogens is 346 g/mol. The molecule has 1 heterocycles. The van der Waals surface area contributed by atoms with E-state index in [1.807, 2.05) is 32.0 Å². The number of nitrogens with one attached hydrogen (secondary N) is 1. The molecule has 26 heavy (non-hydrogen) atoms. The summed E-state index contributed by atoms with van der Waals surface area (Å²) in [6.45, 7) is 14.7. The molecule has 0 saturated heterocycles. The summed E-state index contributed by atoms with van der Waals surface area (Å²) in [6, 6.07) is 6.03. The third-order valence-corrected chi connectivity index (χ3v) is 4.76. The number of thioether (sulfide) groups is 1. The number of benzene rings is 1. The van der Waals surface area contributed by atoms with Gasteiger partial charge in [0.1, 0.15) is 0 Å². The molecule has 1 aromatic carbocycles. The van der Waals surface area contributed by atoms with E-state index in [1.54, 1.807) is 0 Å². The van der Waals surface area contributed by atoms with Crippen molar-refractivity contribution in [2.45, 2.75) is 65.6 Å². The summed E-state index contributed by atoms with van der Waals surface area (Å²) < 4.78 is 5.69. The molecule has 0 bridgehead atoms. The average molecular weight is 376 g/mol. The summed E-state index contributed by atoms with van der Waals surface area (Å²) >= 11 is 1.26. The smallest absolute Gasteiger partial charge is 0.277 e. The molecule has 5 nitrogen and oxygen atoms in total. The van der Waals surface area contributed by atoms with E-state index in [0.717, 1.165) is 12.0 Å². The second-order valence-corrected chi connectivity index (χ2v) is 9.56. The Morgan fingerprint density at radius 2 is 1.81 bits per heavy atom. The van der Waals surface area contributed by atoms with Crippen LogP contribution in [0.25, 0.3) is 11.5 Å². The van der Waals surface area contributed by atoms with Gasteiger partial charge in [0.05, 0.1) is 5.75 Å². The van der Waals surface area contributed by atoms with Crippen LogP contribution in [0.3, 0.4) is 0 Å². The maximum Gasteiger partial charge on any atom is 0.277 e. The Morgan fingerprint density at radius 3 is 2.42 bits per heavy atom. The van der Waals surface area contributed by atoms with Gasteiger partial charge in [0.25, 0.3) is 5.22 Å². The first kappa shape index (κ1) is 20.5. The highest BCUT2D eigenvalue weighted by Gasteiger charge is 2.27. The number of rotatable bonds is 6. The SMILES string of the molecule is Cc1ccc(-c2nnc(SCC(=O)NC(C)(C)CC(C)(C)C)o2)cc1C. The van der Waals surface area contributed by atoms with Gasteiger partial charge in [-0.25, -0.2) is 0 Å². The van der Waals surface area contributed by atoms with E-state index < -0.39 is 0 Å². The standard InChI is InChI=1S/C20H29N3O2S/c1-13-8-9-15(10-14(13)2)17-22-23-18(25-17)26-11-16(24)21-20(6,7)12-19(3,4)5/h8-10H,11-12H2,1-7H3,(H,21,24). The summed E-state index contributed by atoms with van der Waals surface area (Å²) in [6.07, 6.45) is 0.897. The van der Waals surface area contributed by atoms with Crippen molar-refractivity contribution in [2.24, 2.45) is 5.41 Å². The molecule has 0 aliphatic heterocycles. The predicted octanol–water partition coefficient (Wildman–Crippen LogP) is 4.78. The summed E-state index contributed by atoms with van der Waals surface area (Å²) in [5.74, 6) is 0.696. The minimum Gasteiger partial charge on any atom is -0.411 e. The predicted molar refractivity (Wildman–Crippen MR) is 106 cm³/mol. The molecule has 0 atom stereocenters. The minimum atomic E-state index is -0.255. The largest absolute Gasteiger partial charge is 0.411 e. The topological polar surface area (TPSA) is 68.0 Å². The number of aromatic nitrogens is 2. The van der Waals surface area contributed by atoms with Crippen molar-refractivity contribution in [1.29, 1.82) is 0 Å². The Hall–Kier alpha value is -1.82. The van der Waals surface area contributed by atoms with Crippen molar-refractivity contribution < 1.29 is 9.21 Å². The van der Waals surface area contributed by atoms with E-state index in [0.29, 0.717) is 11.1 Å². The van der Waals surface area contributed by atoms with Gasteiger partial charge >= 0.3 is 0 Å². The second kappa shape index (κ2) is 7.82. The first-order valence-corrected chi connectivity index (χ1v) is 9.79.